The average molecular weight is 378 g/mol. The van der Waals surface area contributed by atoms with Gasteiger partial charge in [0.2, 0.25) is 11.8 Å². The molecule has 136 valence electrons. The molecule has 2 N–H and O–H groups in total. The Labute approximate surface area is 161 Å². The summed E-state index contributed by atoms with van der Waals surface area (Å²) in [4.78, 5) is 24.1. The number of nitrogens with zero attached hydrogens (tertiary/aromatic N) is 2. The van der Waals surface area contributed by atoms with Crippen molar-refractivity contribution < 1.29 is 9.59 Å². The smallest absolute Gasteiger partial charge is 0.240 e. The number of allylic oxidation sites excluding steroid dienone is 1. The normalized spacial score (nSPS) is 18.3. The number of hydrogen-bond donors (Lipinski definition) is 2. The van der Waals surface area contributed by atoms with Crippen molar-refractivity contribution in [3.8, 4) is 0 Å². The molecule has 1 saturated heterocycles. The SMILES string of the molecule is O=C(CC1S/C(=N/N=C\C=C\c2ccccc2)NC1=O)Nc1ccccc1. The molecule has 0 radical (unpaired) electrons. The van der Waals surface area contributed by atoms with Crippen LogP contribution in [0.3, 0.4) is 0 Å². The van der Waals surface area contributed by atoms with Crippen LogP contribution < -0.4 is 10.6 Å². The van der Waals surface area contributed by atoms with Gasteiger partial charge in [-0.05, 0) is 23.8 Å². The molecule has 1 heterocycles. The van der Waals surface area contributed by atoms with E-state index < -0.39 is 5.25 Å². The van der Waals surface area contributed by atoms with Crippen LogP contribution in [0.2, 0.25) is 0 Å². The summed E-state index contributed by atoms with van der Waals surface area (Å²) in [6, 6.07) is 19.0. The fourth-order valence-electron chi connectivity index (χ4n) is 2.33. The van der Waals surface area contributed by atoms with Crippen molar-refractivity contribution in [3.05, 3.63) is 72.3 Å². The minimum Gasteiger partial charge on any atom is -0.326 e. The molecule has 1 fully saturated rings. The van der Waals surface area contributed by atoms with E-state index in [1.807, 2.05) is 54.6 Å². The van der Waals surface area contributed by atoms with E-state index in [1.165, 1.54) is 11.8 Å². The van der Waals surface area contributed by atoms with E-state index in [-0.39, 0.29) is 18.2 Å². The second-order valence-corrected chi connectivity index (χ2v) is 6.85. The number of carbonyl (C=O) groups excluding carboxylic acids is 2. The van der Waals surface area contributed by atoms with E-state index in [1.54, 1.807) is 24.4 Å². The molecule has 1 unspecified atom stereocenters. The van der Waals surface area contributed by atoms with Gasteiger partial charge >= 0.3 is 0 Å². The van der Waals surface area contributed by atoms with E-state index in [2.05, 4.69) is 20.8 Å². The summed E-state index contributed by atoms with van der Waals surface area (Å²) in [7, 11) is 0. The summed E-state index contributed by atoms with van der Waals surface area (Å²) in [5.41, 5.74) is 1.76. The third-order valence-corrected chi connectivity index (χ3v) is 4.67. The van der Waals surface area contributed by atoms with Crippen LogP contribution in [0.25, 0.3) is 6.08 Å². The Kier molecular flexibility index (Phi) is 6.54. The van der Waals surface area contributed by atoms with Crippen molar-refractivity contribution in [3.63, 3.8) is 0 Å². The Balaban J connectivity index is 1.49. The Morgan fingerprint density at radius 3 is 2.56 bits per heavy atom. The van der Waals surface area contributed by atoms with Crippen LogP contribution in [-0.4, -0.2) is 28.4 Å². The zero-order valence-corrected chi connectivity index (χ0v) is 15.2. The van der Waals surface area contributed by atoms with Gasteiger partial charge in [0.1, 0.15) is 5.25 Å². The number of amides is 2. The van der Waals surface area contributed by atoms with Gasteiger partial charge < -0.3 is 10.6 Å². The lowest BCUT2D eigenvalue weighted by Crippen LogP contribution is -2.28. The molecule has 0 saturated carbocycles. The van der Waals surface area contributed by atoms with Crippen LogP contribution >= 0.6 is 11.8 Å². The van der Waals surface area contributed by atoms with Crippen molar-refractivity contribution in [2.75, 3.05) is 5.32 Å². The van der Waals surface area contributed by atoms with Crippen LogP contribution in [0.1, 0.15) is 12.0 Å². The Bertz CT molecular complexity index is 879. The molecule has 0 aromatic heterocycles. The maximum atomic E-state index is 12.1. The molecule has 2 amide bonds. The number of thioether (sulfide) groups is 1. The highest BCUT2D eigenvalue weighted by atomic mass is 32.2. The molecule has 0 spiro atoms. The Morgan fingerprint density at radius 1 is 1.11 bits per heavy atom. The van der Waals surface area contributed by atoms with Crippen molar-refractivity contribution >= 4 is 46.7 Å². The molecule has 7 heteroatoms. The molecule has 1 aliphatic heterocycles. The molecule has 3 rings (SSSR count). The molecular formula is C20H18N4O2S. The van der Waals surface area contributed by atoms with Gasteiger partial charge in [0.15, 0.2) is 5.17 Å². The first kappa shape index (κ1) is 18.6. The topological polar surface area (TPSA) is 82.9 Å². The second kappa shape index (κ2) is 9.49. The van der Waals surface area contributed by atoms with Gasteiger partial charge in [-0.15, -0.1) is 5.10 Å². The van der Waals surface area contributed by atoms with E-state index in [0.29, 0.717) is 10.9 Å². The van der Waals surface area contributed by atoms with Crippen LogP contribution in [0.15, 0.2) is 76.9 Å². The zero-order chi connectivity index (χ0) is 18.9. The first-order chi connectivity index (χ1) is 13.2. The summed E-state index contributed by atoms with van der Waals surface area (Å²) in [5, 5.41) is 13.2. The van der Waals surface area contributed by atoms with E-state index in [4.69, 9.17) is 0 Å². The van der Waals surface area contributed by atoms with Gasteiger partial charge in [0.25, 0.3) is 0 Å². The molecule has 1 aliphatic rings. The average Bonchev–Trinajstić information content (AvgIpc) is 3.02. The van der Waals surface area contributed by atoms with Crippen LogP contribution in [0.5, 0.6) is 0 Å². The predicted octanol–water partition coefficient (Wildman–Crippen LogP) is 3.30. The highest BCUT2D eigenvalue weighted by Gasteiger charge is 2.32. The monoisotopic (exact) mass is 378 g/mol. The number of carbonyl (C=O) groups is 2. The zero-order valence-electron chi connectivity index (χ0n) is 14.4. The summed E-state index contributed by atoms with van der Waals surface area (Å²) < 4.78 is 0. The predicted molar refractivity (Wildman–Crippen MR) is 111 cm³/mol. The Hall–Kier alpha value is -3.19. The molecule has 2 aromatic carbocycles. The van der Waals surface area contributed by atoms with Crippen LogP contribution in [0.4, 0.5) is 5.69 Å². The number of para-hydroxylation sites is 1. The maximum Gasteiger partial charge on any atom is 0.240 e. The molecule has 6 nitrogen and oxygen atoms in total. The molecule has 0 bridgehead atoms. The second-order valence-electron chi connectivity index (χ2n) is 5.65. The molecule has 1 atom stereocenters. The minimum absolute atomic E-state index is 0.0715. The largest absolute Gasteiger partial charge is 0.326 e. The van der Waals surface area contributed by atoms with Gasteiger partial charge in [-0.2, -0.15) is 5.10 Å². The quantitative estimate of drug-likeness (QED) is 0.598. The summed E-state index contributed by atoms with van der Waals surface area (Å²) in [6.45, 7) is 0. The molecule has 0 aliphatic carbocycles. The fourth-order valence-corrected chi connectivity index (χ4v) is 3.25. The van der Waals surface area contributed by atoms with Crippen molar-refractivity contribution in [2.24, 2.45) is 10.2 Å². The highest BCUT2D eigenvalue weighted by molar-refractivity contribution is 8.15. The minimum atomic E-state index is -0.512. The van der Waals surface area contributed by atoms with Gasteiger partial charge in [0, 0.05) is 18.3 Å². The first-order valence-corrected chi connectivity index (χ1v) is 9.24. The van der Waals surface area contributed by atoms with Crippen molar-refractivity contribution in [2.45, 2.75) is 11.7 Å². The molecule has 2 aromatic rings. The third-order valence-electron chi connectivity index (χ3n) is 3.59. The number of nitrogens with one attached hydrogen (secondary N) is 2. The van der Waals surface area contributed by atoms with Gasteiger partial charge in [-0.1, -0.05) is 66.4 Å². The lowest BCUT2D eigenvalue weighted by molar-refractivity contribution is -0.122. The van der Waals surface area contributed by atoms with Gasteiger partial charge in [-0.25, -0.2) is 0 Å². The van der Waals surface area contributed by atoms with E-state index >= 15 is 0 Å². The van der Waals surface area contributed by atoms with Crippen molar-refractivity contribution in [1.29, 1.82) is 0 Å². The first-order valence-electron chi connectivity index (χ1n) is 8.36. The fraction of sp³-hybridized carbons (Fsp3) is 0.100. The molecular weight excluding hydrogens is 360 g/mol. The van der Waals surface area contributed by atoms with Crippen molar-refractivity contribution in [1.82, 2.24) is 5.32 Å². The van der Waals surface area contributed by atoms with Gasteiger partial charge in [-0.3, -0.25) is 9.59 Å². The number of benzene rings is 2. The molecule has 27 heavy (non-hydrogen) atoms. The van der Waals surface area contributed by atoms with E-state index in [9.17, 15) is 9.59 Å². The third kappa shape index (κ3) is 5.93. The van der Waals surface area contributed by atoms with E-state index in [0.717, 1.165) is 5.56 Å². The summed E-state index contributed by atoms with van der Waals surface area (Å²) in [6.07, 6.45) is 5.29. The highest BCUT2D eigenvalue weighted by Crippen LogP contribution is 2.23. The Morgan fingerprint density at radius 2 is 1.81 bits per heavy atom. The standard InChI is InChI=1S/C20H18N4O2S/c25-18(22-16-11-5-2-6-12-16)14-17-19(26)23-20(27-17)24-21-13-7-10-15-8-3-1-4-9-15/h1-13,17H,14H2,(H,22,25)(H,23,24,26)/b10-7+,21-13-. The lowest BCUT2D eigenvalue weighted by atomic mass is 10.2. The van der Waals surface area contributed by atoms with Crippen LogP contribution in [0, 0.1) is 0 Å². The number of amidine groups is 1. The van der Waals surface area contributed by atoms with Crippen LogP contribution in [-0.2, 0) is 9.59 Å². The lowest BCUT2D eigenvalue weighted by Gasteiger charge is -2.06. The maximum absolute atomic E-state index is 12.1. The summed E-state index contributed by atoms with van der Waals surface area (Å²) >= 11 is 1.20. The summed E-state index contributed by atoms with van der Waals surface area (Å²) in [5.74, 6) is -0.457. The van der Waals surface area contributed by atoms with Gasteiger partial charge in [0.05, 0.1) is 0 Å². The number of anilines is 1. The number of rotatable bonds is 6. The number of hydrogen-bond acceptors (Lipinski definition) is 5.